The van der Waals surface area contributed by atoms with Gasteiger partial charge in [0.2, 0.25) is 0 Å². The monoisotopic (exact) mass is 290 g/mol. The Morgan fingerprint density at radius 1 is 1.21 bits per heavy atom. The van der Waals surface area contributed by atoms with Crippen LogP contribution in [0.3, 0.4) is 0 Å². The van der Waals surface area contributed by atoms with Crippen molar-refractivity contribution in [1.29, 1.82) is 0 Å². The number of halogens is 1. The Morgan fingerprint density at radius 3 is 2.95 bits per heavy atom. The SMILES string of the molecule is Nc1ccc2nc(SCc3cccc(Cl)c3)oc2c1. The molecule has 0 saturated heterocycles. The van der Waals surface area contributed by atoms with Gasteiger partial charge in [-0.2, -0.15) is 0 Å². The van der Waals surface area contributed by atoms with Gasteiger partial charge >= 0.3 is 0 Å². The molecular formula is C14H11ClN2OS. The van der Waals surface area contributed by atoms with E-state index < -0.39 is 0 Å². The van der Waals surface area contributed by atoms with Gasteiger partial charge in [-0.15, -0.1) is 0 Å². The molecule has 3 aromatic rings. The third kappa shape index (κ3) is 2.85. The van der Waals surface area contributed by atoms with E-state index in [1.807, 2.05) is 36.4 Å². The summed E-state index contributed by atoms with van der Waals surface area (Å²) in [6, 6.07) is 13.2. The number of nitrogens with zero attached hydrogens (tertiary/aromatic N) is 1. The maximum Gasteiger partial charge on any atom is 0.257 e. The molecule has 96 valence electrons. The van der Waals surface area contributed by atoms with Crippen molar-refractivity contribution in [2.24, 2.45) is 0 Å². The molecule has 0 fully saturated rings. The fourth-order valence-electron chi connectivity index (χ4n) is 1.75. The van der Waals surface area contributed by atoms with Crippen LogP contribution in [0, 0.1) is 0 Å². The van der Waals surface area contributed by atoms with Gasteiger partial charge in [-0.25, -0.2) is 4.98 Å². The lowest BCUT2D eigenvalue weighted by Gasteiger charge is -1.98. The Balaban J connectivity index is 1.78. The lowest BCUT2D eigenvalue weighted by Crippen LogP contribution is -1.81. The summed E-state index contributed by atoms with van der Waals surface area (Å²) < 4.78 is 5.64. The molecule has 0 atom stereocenters. The highest BCUT2D eigenvalue weighted by Gasteiger charge is 2.07. The summed E-state index contributed by atoms with van der Waals surface area (Å²) in [5, 5.41) is 1.38. The second-order valence-electron chi connectivity index (χ2n) is 4.13. The number of rotatable bonds is 3. The average molecular weight is 291 g/mol. The van der Waals surface area contributed by atoms with Gasteiger partial charge in [0.1, 0.15) is 5.52 Å². The Kier molecular flexibility index (Phi) is 3.36. The minimum atomic E-state index is 0.639. The van der Waals surface area contributed by atoms with Crippen molar-refractivity contribution >= 4 is 40.1 Å². The van der Waals surface area contributed by atoms with E-state index in [2.05, 4.69) is 4.98 Å². The van der Waals surface area contributed by atoms with Gasteiger partial charge in [-0.05, 0) is 29.8 Å². The molecule has 0 aliphatic carbocycles. The van der Waals surface area contributed by atoms with Crippen LogP contribution in [0.4, 0.5) is 5.69 Å². The first-order chi connectivity index (χ1) is 9.20. The molecule has 0 aliphatic rings. The second-order valence-corrected chi connectivity index (χ2v) is 5.49. The smallest absolute Gasteiger partial charge is 0.257 e. The molecule has 2 N–H and O–H groups in total. The molecule has 1 heterocycles. The van der Waals surface area contributed by atoms with Gasteiger partial charge < -0.3 is 10.2 Å². The van der Waals surface area contributed by atoms with Crippen LogP contribution in [0.25, 0.3) is 11.1 Å². The van der Waals surface area contributed by atoms with Gasteiger partial charge in [0, 0.05) is 22.5 Å². The van der Waals surface area contributed by atoms with Crippen LogP contribution in [-0.2, 0) is 5.75 Å². The average Bonchev–Trinajstić information content (AvgIpc) is 2.78. The van der Waals surface area contributed by atoms with Crippen LogP contribution in [0.1, 0.15) is 5.56 Å². The number of aromatic nitrogens is 1. The molecule has 19 heavy (non-hydrogen) atoms. The normalized spacial score (nSPS) is 11.0. The van der Waals surface area contributed by atoms with Crippen molar-refractivity contribution in [3.05, 3.63) is 53.1 Å². The Hall–Kier alpha value is -1.65. The van der Waals surface area contributed by atoms with Gasteiger partial charge in [0.15, 0.2) is 5.58 Å². The molecule has 0 amide bonds. The van der Waals surface area contributed by atoms with E-state index in [-0.39, 0.29) is 0 Å². The molecule has 0 aliphatic heterocycles. The number of oxazole rings is 1. The first-order valence-corrected chi connectivity index (χ1v) is 7.10. The predicted molar refractivity (Wildman–Crippen MR) is 79.4 cm³/mol. The van der Waals surface area contributed by atoms with E-state index in [0.717, 1.165) is 21.9 Å². The fraction of sp³-hybridized carbons (Fsp3) is 0.0714. The van der Waals surface area contributed by atoms with Crippen LogP contribution >= 0.6 is 23.4 Å². The van der Waals surface area contributed by atoms with Crippen molar-refractivity contribution in [3.8, 4) is 0 Å². The number of nitrogen functional groups attached to an aromatic ring is 1. The van der Waals surface area contributed by atoms with Gasteiger partial charge in [-0.3, -0.25) is 0 Å². The molecule has 5 heteroatoms. The molecule has 0 spiro atoms. The number of hydrogen-bond acceptors (Lipinski definition) is 4. The fourth-order valence-corrected chi connectivity index (χ4v) is 2.75. The Morgan fingerprint density at radius 2 is 2.11 bits per heavy atom. The second kappa shape index (κ2) is 5.15. The largest absolute Gasteiger partial charge is 0.431 e. The molecule has 2 aromatic carbocycles. The highest BCUT2D eigenvalue weighted by Crippen LogP contribution is 2.27. The van der Waals surface area contributed by atoms with Crippen molar-refractivity contribution in [3.63, 3.8) is 0 Å². The highest BCUT2D eigenvalue weighted by molar-refractivity contribution is 7.98. The molecular weight excluding hydrogens is 280 g/mol. The lowest BCUT2D eigenvalue weighted by atomic mass is 10.2. The number of anilines is 1. The lowest BCUT2D eigenvalue weighted by molar-refractivity contribution is 0.489. The molecule has 3 nitrogen and oxygen atoms in total. The van der Waals surface area contributed by atoms with Gasteiger partial charge in [0.25, 0.3) is 5.22 Å². The van der Waals surface area contributed by atoms with Crippen molar-refractivity contribution < 1.29 is 4.42 Å². The van der Waals surface area contributed by atoms with E-state index in [4.69, 9.17) is 21.8 Å². The predicted octanol–water partition coefficient (Wildman–Crippen LogP) is 4.36. The minimum absolute atomic E-state index is 0.639. The Labute approximate surface area is 119 Å². The summed E-state index contributed by atoms with van der Waals surface area (Å²) in [5.74, 6) is 0.767. The maximum atomic E-state index is 5.95. The highest BCUT2D eigenvalue weighted by atomic mass is 35.5. The van der Waals surface area contributed by atoms with E-state index in [9.17, 15) is 0 Å². The zero-order chi connectivity index (χ0) is 13.2. The topological polar surface area (TPSA) is 52.0 Å². The summed E-state index contributed by atoms with van der Waals surface area (Å²) in [6.45, 7) is 0. The summed E-state index contributed by atoms with van der Waals surface area (Å²) in [5.41, 5.74) is 9.06. The van der Waals surface area contributed by atoms with Crippen LogP contribution in [0.15, 0.2) is 52.1 Å². The number of thioether (sulfide) groups is 1. The van der Waals surface area contributed by atoms with Crippen LogP contribution < -0.4 is 5.73 Å². The van der Waals surface area contributed by atoms with Crippen molar-refractivity contribution in [2.45, 2.75) is 11.0 Å². The number of fused-ring (bicyclic) bond motifs is 1. The third-order valence-corrected chi connectivity index (χ3v) is 3.78. The molecule has 0 unspecified atom stereocenters. The Bertz CT molecular complexity index is 726. The third-order valence-electron chi connectivity index (χ3n) is 2.64. The van der Waals surface area contributed by atoms with E-state index >= 15 is 0 Å². The van der Waals surface area contributed by atoms with Crippen LogP contribution in [-0.4, -0.2) is 4.98 Å². The summed E-state index contributed by atoms with van der Waals surface area (Å²) in [4.78, 5) is 4.40. The zero-order valence-corrected chi connectivity index (χ0v) is 11.5. The molecule has 0 bridgehead atoms. The summed E-state index contributed by atoms with van der Waals surface area (Å²) >= 11 is 7.48. The molecule has 3 rings (SSSR count). The molecule has 0 radical (unpaired) electrons. The molecule has 1 aromatic heterocycles. The summed E-state index contributed by atoms with van der Waals surface area (Å²) in [6.07, 6.45) is 0. The van der Waals surface area contributed by atoms with Crippen LogP contribution in [0.2, 0.25) is 5.02 Å². The number of benzene rings is 2. The van der Waals surface area contributed by atoms with E-state index in [1.54, 1.807) is 6.07 Å². The first kappa shape index (κ1) is 12.4. The van der Waals surface area contributed by atoms with Crippen molar-refractivity contribution in [1.82, 2.24) is 4.98 Å². The number of hydrogen-bond donors (Lipinski definition) is 1. The zero-order valence-electron chi connectivity index (χ0n) is 9.97. The first-order valence-electron chi connectivity index (χ1n) is 5.74. The van der Waals surface area contributed by atoms with E-state index in [1.165, 1.54) is 11.8 Å². The quantitative estimate of drug-likeness (QED) is 0.575. The van der Waals surface area contributed by atoms with Crippen molar-refractivity contribution in [2.75, 3.05) is 5.73 Å². The maximum absolute atomic E-state index is 5.95. The van der Waals surface area contributed by atoms with Crippen LogP contribution in [0.5, 0.6) is 0 Å². The van der Waals surface area contributed by atoms with Gasteiger partial charge in [-0.1, -0.05) is 35.5 Å². The van der Waals surface area contributed by atoms with E-state index in [0.29, 0.717) is 16.5 Å². The number of nitrogens with two attached hydrogens (primary N) is 1. The van der Waals surface area contributed by atoms with Gasteiger partial charge in [0.05, 0.1) is 0 Å². The standard InChI is InChI=1S/C14H11ClN2OS/c15-10-3-1-2-9(6-10)8-19-14-17-12-5-4-11(16)7-13(12)18-14/h1-7H,8,16H2. The molecule has 0 saturated carbocycles. The summed E-state index contributed by atoms with van der Waals surface area (Å²) in [7, 11) is 0. The minimum Gasteiger partial charge on any atom is -0.431 e.